The zero-order valence-electron chi connectivity index (χ0n) is 18.8. The van der Waals surface area contributed by atoms with Crippen molar-refractivity contribution >= 4 is 32.6 Å². The highest BCUT2D eigenvalue weighted by Crippen LogP contribution is 2.33. The third kappa shape index (κ3) is 4.79. The Hall–Kier alpha value is -4.03. The zero-order valence-corrected chi connectivity index (χ0v) is 20.4. The summed E-state index contributed by atoms with van der Waals surface area (Å²) in [6, 6.07) is 28.7. The Bertz CT molecular complexity index is 1550. The van der Waals surface area contributed by atoms with Crippen molar-refractivity contribution in [1.29, 1.82) is 0 Å². The minimum atomic E-state index is -0.310. The van der Waals surface area contributed by atoms with E-state index in [1.807, 2.05) is 91.0 Å². The molecule has 0 saturated carbocycles. The van der Waals surface area contributed by atoms with Gasteiger partial charge in [-0.3, -0.25) is 19.1 Å². The fourth-order valence-electron chi connectivity index (χ4n) is 4.24. The predicted octanol–water partition coefficient (Wildman–Crippen LogP) is 5.80. The molecule has 6 heteroatoms. The number of hydrogen-bond donors (Lipinski definition) is 1. The topological polar surface area (TPSA) is 64.0 Å². The van der Waals surface area contributed by atoms with Gasteiger partial charge in [-0.1, -0.05) is 76.6 Å². The van der Waals surface area contributed by atoms with Gasteiger partial charge in [0.05, 0.1) is 6.54 Å². The maximum atomic E-state index is 13.8. The van der Waals surface area contributed by atoms with Crippen molar-refractivity contribution < 1.29 is 4.79 Å². The molecule has 0 aliphatic carbocycles. The largest absolute Gasteiger partial charge is 0.347 e. The molecule has 5 rings (SSSR count). The number of hydrogen-bond acceptors (Lipinski definition) is 3. The molecule has 5 aromatic rings. The summed E-state index contributed by atoms with van der Waals surface area (Å²) in [6.07, 6.45) is 3.38. The second kappa shape index (κ2) is 10.1. The van der Waals surface area contributed by atoms with Crippen molar-refractivity contribution in [2.45, 2.75) is 13.1 Å². The molecule has 0 atom stereocenters. The lowest BCUT2D eigenvalue weighted by Crippen LogP contribution is -2.33. The first-order valence-corrected chi connectivity index (χ1v) is 12.0. The van der Waals surface area contributed by atoms with E-state index in [-0.39, 0.29) is 18.0 Å². The minimum absolute atomic E-state index is 0.204. The summed E-state index contributed by atoms with van der Waals surface area (Å²) < 4.78 is 2.43. The zero-order chi connectivity index (χ0) is 24.2. The molecule has 172 valence electrons. The van der Waals surface area contributed by atoms with E-state index in [2.05, 4.69) is 26.2 Å². The van der Waals surface area contributed by atoms with Crippen LogP contribution in [-0.4, -0.2) is 15.5 Å². The molecule has 2 aromatic heterocycles. The van der Waals surface area contributed by atoms with E-state index in [0.29, 0.717) is 17.6 Å². The molecule has 35 heavy (non-hydrogen) atoms. The number of pyridine rings is 2. The maximum absolute atomic E-state index is 13.8. The van der Waals surface area contributed by atoms with Crippen LogP contribution in [0.5, 0.6) is 0 Å². The van der Waals surface area contributed by atoms with E-state index in [1.165, 1.54) is 0 Å². The predicted molar refractivity (Wildman–Crippen MR) is 142 cm³/mol. The highest BCUT2D eigenvalue weighted by molar-refractivity contribution is 9.10. The molecule has 1 amide bonds. The SMILES string of the molecule is O=C(NCc1ccncc1)c1c(-c2ccccc2)c2cc(Br)ccc2c(=O)n1Cc1ccccc1. The van der Waals surface area contributed by atoms with Gasteiger partial charge in [0.15, 0.2) is 0 Å². The Balaban J connectivity index is 1.76. The fraction of sp³-hybridized carbons (Fsp3) is 0.0690. The van der Waals surface area contributed by atoms with Gasteiger partial charge < -0.3 is 5.32 Å². The summed E-state index contributed by atoms with van der Waals surface area (Å²) in [5.74, 6) is -0.310. The molecule has 1 N–H and O–H groups in total. The van der Waals surface area contributed by atoms with Gasteiger partial charge in [-0.05, 0) is 52.4 Å². The molecule has 0 radical (unpaired) electrons. The Labute approximate surface area is 211 Å². The van der Waals surface area contributed by atoms with Crippen LogP contribution in [0.3, 0.4) is 0 Å². The molecular formula is C29H22BrN3O2. The van der Waals surface area contributed by atoms with Crippen molar-refractivity contribution in [2.75, 3.05) is 0 Å². The monoisotopic (exact) mass is 523 g/mol. The molecule has 0 unspecified atom stereocenters. The Kier molecular flexibility index (Phi) is 6.55. The van der Waals surface area contributed by atoms with Crippen LogP contribution in [0.25, 0.3) is 21.9 Å². The van der Waals surface area contributed by atoms with Crippen LogP contribution in [0.4, 0.5) is 0 Å². The standard InChI is InChI=1S/C29H22BrN3O2/c30-23-11-12-24-25(17-23)26(22-9-5-2-6-10-22)27(28(34)32-18-20-13-15-31-16-14-20)33(29(24)35)19-21-7-3-1-4-8-21/h1-17H,18-19H2,(H,32,34). The second-order valence-electron chi connectivity index (χ2n) is 8.19. The summed E-state index contributed by atoms with van der Waals surface area (Å²) in [7, 11) is 0. The van der Waals surface area contributed by atoms with E-state index in [9.17, 15) is 9.59 Å². The van der Waals surface area contributed by atoms with Crippen molar-refractivity contribution in [2.24, 2.45) is 0 Å². The van der Waals surface area contributed by atoms with Gasteiger partial charge in [0.1, 0.15) is 5.69 Å². The molecule has 0 bridgehead atoms. The smallest absolute Gasteiger partial charge is 0.268 e. The summed E-state index contributed by atoms with van der Waals surface area (Å²) in [4.78, 5) is 31.6. The number of amides is 1. The lowest BCUT2D eigenvalue weighted by atomic mass is 9.96. The Morgan fingerprint density at radius 2 is 1.51 bits per heavy atom. The number of halogens is 1. The maximum Gasteiger partial charge on any atom is 0.268 e. The molecule has 2 heterocycles. The average Bonchev–Trinajstić information content (AvgIpc) is 2.90. The number of carbonyl (C=O) groups excluding carboxylic acids is 1. The third-order valence-corrected chi connectivity index (χ3v) is 6.39. The van der Waals surface area contributed by atoms with Crippen LogP contribution in [0.1, 0.15) is 21.6 Å². The molecule has 0 fully saturated rings. The van der Waals surface area contributed by atoms with E-state index >= 15 is 0 Å². The molecular weight excluding hydrogens is 502 g/mol. The Morgan fingerprint density at radius 3 is 2.23 bits per heavy atom. The second-order valence-corrected chi connectivity index (χ2v) is 9.11. The molecule has 3 aromatic carbocycles. The first kappa shape index (κ1) is 22.7. The third-order valence-electron chi connectivity index (χ3n) is 5.90. The summed E-state index contributed by atoms with van der Waals surface area (Å²) in [5, 5.41) is 4.31. The van der Waals surface area contributed by atoms with Gasteiger partial charge in [0, 0.05) is 34.4 Å². The highest BCUT2D eigenvalue weighted by Gasteiger charge is 2.23. The summed E-state index contributed by atoms with van der Waals surface area (Å²) in [5.41, 5.74) is 3.59. The number of benzene rings is 3. The van der Waals surface area contributed by atoms with Crippen molar-refractivity contribution in [3.05, 3.63) is 135 Å². The van der Waals surface area contributed by atoms with E-state index in [4.69, 9.17) is 0 Å². The van der Waals surface area contributed by atoms with Crippen molar-refractivity contribution in [1.82, 2.24) is 14.9 Å². The van der Waals surface area contributed by atoms with Gasteiger partial charge in [0.2, 0.25) is 0 Å². The first-order valence-electron chi connectivity index (χ1n) is 11.2. The number of aromatic nitrogens is 2. The van der Waals surface area contributed by atoms with Crippen LogP contribution in [0.2, 0.25) is 0 Å². The van der Waals surface area contributed by atoms with Crippen LogP contribution in [-0.2, 0) is 13.1 Å². The van der Waals surface area contributed by atoms with Crippen molar-refractivity contribution in [3.8, 4) is 11.1 Å². The van der Waals surface area contributed by atoms with Gasteiger partial charge in [-0.2, -0.15) is 0 Å². The quantitative estimate of drug-likeness (QED) is 0.305. The van der Waals surface area contributed by atoms with E-state index < -0.39 is 0 Å². The van der Waals surface area contributed by atoms with Crippen LogP contribution >= 0.6 is 15.9 Å². The number of fused-ring (bicyclic) bond motifs is 1. The fourth-order valence-corrected chi connectivity index (χ4v) is 4.60. The number of nitrogens with zero attached hydrogens (tertiary/aromatic N) is 2. The Morgan fingerprint density at radius 1 is 0.829 bits per heavy atom. The number of nitrogens with one attached hydrogen (secondary N) is 1. The summed E-state index contributed by atoms with van der Waals surface area (Å²) >= 11 is 3.54. The molecule has 0 saturated heterocycles. The van der Waals surface area contributed by atoms with Gasteiger partial charge >= 0.3 is 0 Å². The number of rotatable bonds is 6. The van der Waals surface area contributed by atoms with Crippen LogP contribution in [0, 0.1) is 0 Å². The van der Waals surface area contributed by atoms with E-state index in [1.54, 1.807) is 17.0 Å². The normalized spacial score (nSPS) is 10.9. The molecule has 0 spiro atoms. The number of carbonyl (C=O) groups is 1. The molecule has 0 aliphatic heterocycles. The van der Waals surface area contributed by atoms with Crippen molar-refractivity contribution in [3.63, 3.8) is 0 Å². The van der Waals surface area contributed by atoms with Crippen LogP contribution in [0.15, 0.2) is 113 Å². The average molecular weight is 524 g/mol. The van der Waals surface area contributed by atoms with Crippen LogP contribution < -0.4 is 10.9 Å². The summed E-state index contributed by atoms with van der Waals surface area (Å²) in [6.45, 7) is 0.606. The molecule has 0 aliphatic rings. The molecule has 5 nitrogen and oxygen atoms in total. The minimum Gasteiger partial charge on any atom is -0.347 e. The van der Waals surface area contributed by atoms with E-state index in [0.717, 1.165) is 32.1 Å². The van der Waals surface area contributed by atoms with Gasteiger partial charge in [-0.15, -0.1) is 0 Å². The first-order chi connectivity index (χ1) is 17.1. The lowest BCUT2D eigenvalue weighted by molar-refractivity contribution is 0.0941. The lowest BCUT2D eigenvalue weighted by Gasteiger charge is -2.20. The van der Waals surface area contributed by atoms with Gasteiger partial charge in [0.25, 0.3) is 11.5 Å². The van der Waals surface area contributed by atoms with Gasteiger partial charge in [-0.25, -0.2) is 0 Å². The highest BCUT2D eigenvalue weighted by atomic mass is 79.9.